The number of carboxylic acids is 1. The van der Waals surface area contributed by atoms with Crippen molar-refractivity contribution in [2.75, 3.05) is 19.7 Å². The molecule has 3 heterocycles. The van der Waals surface area contributed by atoms with E-state index < -0.39 is 23.8 Å². The first-order chi connectivity index (χ1) is 14.8. The van der Waals surface area contributed by atoms with E-state index in [4.69, 9.17) is 4.74 Å². The molecule has 2 unspecified atom stereocenters. The van der Waals surface area contributed by atoms with Gasteiger partial charge in [-0.05, 0) is 31.4 Å². The molecule has 0 aromatic heterocycles. The Morgan fingerprint density at radius 1 is 1.19 bits per heavy atom. The third kappa shape index (κ3) is 4.10. The summed E-state index contributed by atoms with van der Waals surface area (Å²) in [7, 11) is 0. The molecule has 2 N–H and O–H groups in total. The number of fused-ring (bicyclic) bond motifs is 1. The number of hydrogen-bond acceptors (Lipinski definition) is 6. The molecule has 10 heteroatoms. The predicted molar refractivity (Wildman–Crippen MR) is 105 cm³/mol. The number of hydrogen-bond donors (Lipinski definition) is 2. The molecule has 0 radical (unpaired) electrons. The van der Waals surface area contributed by atoms with Crippen LogP contribution < -0.4 is 10.1 Å². The summed E-state index contributed by atoms with van der Waals surface area (Å²) in [6, 6.07) is 4.21. The van der Waals surface area contributed by atoms with Gasteiger partial charge in [-0.2, -0.15) is 0 Å². The van der Waals surface area contributed by atoms with Crippen molar-refractivity contribution in [3.8, 4) is 5.75 Å². The van der Waals surface area contributed by atoms with E-state index in [-0.39, 0.29) is 50.3 Å². The van der Waals surface area contributed by atoms with Gasteiger partial charge in [0.15, 0.2) is 6.61 Å². The van der Waals surface area contributed by atoms with E-state index in [0.717, 1.165) is 0 Å². The van der Waals surface area contributed by atoms with E-state index in [1.165, 1.54) is 9.80 Å². The van der Waals surface area contributed by atoms with Crippen LogP contribution in [0, 0.1) is 5.92 Å². The van der Waals surface area contributed by atoms with Gasteiger partial charge < -0.3 is 19.6 Å². The average Bonchev–Trinajstić information content (AvgIpc) is 3.09. The second kappa shape index (κ2) is 8.37. The lowest BCUT2D eigenvalue weighted by Gasteiger charge is -2.30. The van der Waals surface area contributed by atoms with E-state index in [0.29, 0.717) is 36.3 Å². The number of rotatable bonds is 5. The molecule has 0 aliphatic carbocycles. The van der Waals surface area contributed by atoms with Crippen molar-refractivity contribution in [3.63, 3.8) is 0 Å². The Labute approximate surface area is 178 Å². The third-order valence-corrected chi connectivity index (χ3v) is 6.01. The quantitative estimate of drug-likeness (QED) is 0.637. The molecule has 4 amide bonds. The molecule has 2 atom stereocenters. The number of nitrogens with zero attached hydrogens (tertiary/aromatic N) is 2. The minimum Gasteiger partial charge on any atom is -0.483 e. The van der Waals surface area contributed by atoms with Gasteiger partial charge in [0.25, 0.3) is 11.8 Å². The number of carbonyl (C=O) groups is 5. The second-order valence-electron chi connectivity index (χ2n) is 7.99. The van der Waals surface area contributed by atoms with Gasteiger partial charge >= 0.3 is 5.97 Å². The fourth-order valence-electron chi connectivity index (χ4n) is 4.33. The molecule has 4 rings (SSSR count). The Morgan fingerprint density at radius 2 is 2.00 bits per heavy atom. The fourth-order valence-corrected chi connectivity index (χ4v) is 4.33. The Morgan fingerprint density at radius 3 is 2.74 bits per heavy atom. The van der Waals surface area contributed by atoms with E-state index in [2.05, 4.69) is 5.32 Å². The van der Waals surface area contributed by atoms with Crippen LogP contribution in [-0.2, 0) is 25.7 Å². The molecule has 0 spiro atoms. The standard InChI is InChI=1S/C21H23N3O7/c25-17-7-6-15(19(27)22-17)24-10-14-13(20(24)28)4-1-5-16(14)31-11-18(26)23-8-2-3-12(9-23)21(29)30/h1,4-5,12,15H,2-3,6-11H2,(H,29,30)(H,22,25,27). The van der Waals surface area contributed by atoms with E-state index in [9.17, 15) is 29.1 Å². The van der Waals surface area contributed by atoms with Gasteiger partial charge in [0.2, 0.25) is 11.8 Å². The van der Waals surface area contributed by atoms with E-state index in [1.54, 1.807) is 18.2 Å². The Balaban J connectivity index is 1.43. The van der Waals surface area contributed by atoms with Crippen LogP contribution in [0.1, 0.15) is 41.6 Å². The number of amides is 4. The summed E-state index contributed by atoms with van der Waals surface area (Å²) >= 11 is 0. The number of imide groups is 1. The Bertz CT molecular complexity index is 960. The fraction of sp³-hybridized carbons (Fsp3) is 0.476. The molecule has 1 aromatic carbocycles. The first-order valence-corrected chi connectivity index (χ1v) is 10.2. The van der Waals surface area contributed by atoms with Crippen LogP contribution in [0.5, 0.6) is 5.75 Å². The van der Waals surface area contributed by atoms with Gasteiger partial charge in [-0.15, -0.1) is 0 Å². The Hall–Kier alpha value is -3.43. The molecule has 3 aliphatic heterocycles. The minimum absolute atomic E-state index is 0.148. The van der Waals surface area contributed by atoms with Crippen molar-refractivity contribution in [1.82, 2.24) is 15.1 Å². The predicted octanol–water partition coefficient (Wildman–Crippen LogP) is 0.150. The summed E-state index contributed by atoms with van der Waals surface area (Å²) in [5.74, 6) is -2.58. The van der Waals surface area contributed by atoms with Gasteiger partial charge in [0, 0.05) is 30.6 Å². The van der Waals surface area contributed by atoms with Crippen LogP contribution >= 0.6 is 0 Å². The zero-order chi connectivity index (χ0) is 22.1. The van der Waals surface area contributed by atoms with E-state index >= 15 is 0 Å². The smallest absolute Gasteiger partial charge is 0.308 e. The number of piperidine rings is 2. The van der Waals surface area contributed by atoms with Crippen molar-refractivity contribution < 1.29 is 33.8 Å². The van der Waals surface area contributed by atoms with Crippen LogP contribution in [0.3, 0.4) is 0 Å². The summed E-state index contributed by atoms with van der Waals surface area (Å²) in [5, 5.41) is 11.5. The van der Waals surface area contributed by atoms with Crippen LogP contribution in [0.25, 0.3) is 0 Å². The zero-order valence-electron chi connectivity index (χ0n) is 16.8. The monoisotopic (exact) mass is 429 g/mol. The number of nitrogens with one attached hydrogen (secondary N) is 1. The lowest BCUT2D eigenvalue weighted by atomic mass is 9.98. The van der Waals surface area contributed by atoms with Crippen molar-refractivity contribution in [3.05, 3.63) is 29.3 Å². The maximum absolute atomic E-state index is 12.8. The molecule has 1 aromatic rings. The highest BCUT2D eigenvalue weighted by Crippen LogP contribution is 2.33. The summed E-state index contributed by atoms with van der Waals surface area (Å²) in [6.45, 7) is 0.526. The average molecular weight is 429 g/mol. The summed E-state index contributed by atoms with van der Waals surface area (Å²) in [6.07, 6.45) is 1.60. The van der Waals surface area contributed by atoms with Crippen LogP contribution in [0.15, 0.2) is 18.2 Å². The lowest BCUT2D eigenvalue weighted by Crippen LogP contribution is -2.52. The summed E-state index contributed by atoms with van der Waals surface area (Å²) in [4.78, 5) is 63.1. The number of carbonyl (C=O) groups excluding carboxylic acids is 4. The molecular weight excluding hydrogens is 406 g/mol. The summed E-state index contributed by atoms with van der Waals surface area (Å²) in [5.41, 5.74) is 0.991. The van der Waals surface area contributed by atoms with Crippen molar-refractivity contribution in [1.29, 1.82) is 0 Å². The molecule has 10 nitrogen and oxygen atoms in total. The van der Waals surface area contributed by atoms with Gasteiger partial charge in [0.1, 0.15) is 11.8 Å². The maximum Gasteiger partial charge on any atom is 0.308 e. The second-order valence-corrected chi connectivity index (χ2v) is 7.99. The van der Waals surface area contributed by atoms with Crippen LogP contribution in [0.2, 0.25) is 0 Å². The number of ether oxygens (including phenoxy) is 1. The normalized spacial score (nSPS) is 23.4. The number of carboxylic acid groups (broad SMARTS) is 1. The van der Waals surface area contributed by atoms with Crippen LogP contribution in [-0.4, -0.2) is 70.2 Å². The molecule has 2 fully saturated rings. The Kier molecular flexibility index (Phi) is 5.62. The van der Waals surface area contributed by atoms with Gasteiger partial charge in [-0.25, -0.2) is 0 Å². The SMILES string of the molecule is O=C1CCC(N2Cc3c(OCC(=O)N4CCCC(C(=O)O)C4)cccc3C2=O)C(=O)N1. The van der Waals surface area contributed by atoms with Crippen molar-refractivity contribution in [2.45, 2.75) is 38.3 Å². The van der Waals surface area contributed by atoms with Crippen molar-refractivity contribution >= 4 is 29.6 Å². The van der Waals surface area contributed by atoms with Gasteiger partial charge in [-0.3, -0.25) is 29.3 Å². The minimum atomic E-state index is -0.911. The largest absolute Gasteiger partial charge is 0.483 e. The number of benzene rings is 1. The van der Waals surface area contributed by atoms with Crippen LogP contribution in [0.4, 0.5) is 0 Å². The molecule has 31 heavy (non-hydrogen) atoms. The highest BCUT2D eigenvalue weighted by Gasteiger charge is 2.40. The highest BCUT2D eigenvalue weighted by atomic mass is 16.5. The molecule has 3 aliphatic rings. The molecule has 2 saturated heterocycles. The van der Waals surface area contributed by atoms with Gasteiger partial charge in [0.05, 0.1) is 12.5 Å². The maximum atomic E-state index is 12.8. The van der Waals surface area contributed by atoms with Crippen molar-refractivity contribution in [2.24, 2.45) is 5.92 Å². The lowest BCUT2D eigenvalue weighted by molar-refractivity contribution is -0.146. The van der Waals surface area contributed by atoms with E-state index in [1.807, 2.05) is 0 Å². The third-order valence-electron chi connectivity index (χ3n) is 6.01. The first kappa shape index (κ1) is 20.8. The highest BCUT2D eigenvalue weighted by molar-refractivity contribution is 6.05. The van der Waals surface area contributed by atoms with Gasteiger partial charge in [-0.1, -0.05) is 6.07 Å². The molecule has 0 saturated carbocycles. The summed E-state index contributed by atoms with van der Waals surface area (Å²) < 4.78 is 5.72. The number of aliphatic carboxylic acids is 1. The zero-order valence-corrected chi connectivity index (χ0v) is 16.8. The molecule has 164 valence electrons. The molecular formula is C21H23N3O7. The topological polar surface area (TPSA) is 133 Å². The molecule has 0 bridgehead atoms. The number of likely N-dealkylation sites (tertiary alicyclic amines) is 1. The first-order valence-electron chi connectivity index (χ1n) is 10.2.